The highest BCUT2D eigenvalue weighted by molar-refractivity contribution is 6.15. The number of fused-ring (bicyclic) bond motifs is 9. The number of hydrogen-bond donors (Lipinski definition) is 0. The second-order valence-corrected chi connectivity index (χ2v) is 17.1. The van der Waals surface area contributed by atoms with Crippen LogP contribution in [0.4, 0.5) is 5.69 Å². The summed E-state index contributed by atoms with van der Waals surface area (Å²) in [7, 11) is 0. The third-order valence-electron chi connectivity index (χ3n) is 13.5. The molecular formula is C62H37N5. The first kappa shape index (κ1) is 38.1. The van der Waals surface area contributed by atoms with Crippen molar-refractivity contribution in [1.29, 1.82) is 5.26 Å². The molecule has 0 bridgehead atoms. The highest BCUT2D eigenvalue weighted by Gasteiger charge is 2.24. The zero-order chi connectivity index (χ0) is 44.6. The van der Waals surface area contributed by atoms with Crippen LogP contribution in [-0.4, -0.2) is 13.7 Å². The summed E-state index contributed by atoms with van der Waals surface area (Å²) in [5.74, 6) is 0. The van der Waals surface area contributed by atoms with Gasteiger partial charge >= 0.3 is 0 Å². The van der Waals surface area contributed by atoms with Crippen LogP contribution in [-0.2, 0) is 0 Å². The number of benzene rings is 10. The molecule has 310 valence electrons. The van der Waals surface area contributed by atoms with Gasteiger partial charge in [0.25, 0.3) is 0 Å². The molecule has 3 heterocycles. The van der Waals surface area contributed by atoms with Crippen LogP contribution in [0, 0.1) is 17.9 Å². The average molecular weight is 852 g/mol. The molecule has 67 heavy (non-hydrogen) atoms. The number of hydrogen-bond acceptors (Lipinski definition) is 1. The predicted molar refractivity (Wildman–Crippen MR) is 277 cm³/mol. The maximum atomic E-state index is 9.79. The number of para-hydroxylation sites is 4. The highest BCUT2D eigenvalue weighted by Crippen LogP contribution is 2.46. The minimum Gasteiger partial charge on any atom is -0.309 e. The molecule has 5 nitrogen and oxygen atoms in total. The van der Waals surface area contributed by atoms with E-state index in [1.807, 2.05) is 6.07 Å². The first-order valence-electron chi connectivity index (χ1n) is 22.4. The van der Waals surface area contributed by atoms with Crippen molar-refractivity contribution in [3.8, 4) is 56.5 Å². The maximum Gasteiger partial charge on any atom is 0.196 e. The van der Waals surface area contributed by atoms with Crippen LogP contribution < -0.4 is 0 Å². The molecule has 10 aromatic carbocycles. The summed E-state index contributed by atoms with van der Waals surface area (Å²) in [6.07, 6.45) is 0. The van der Waals surface area contributed by atoms with E-state index in [-0.39, 0.29) is 0 Å². The summed E-state index contributed by atoms with van der Waals surface area (Å²) in [5, 5.41) is 16.9. The van der Waals surface area contributed by atoms with Gasteiger partial charge < -0.3 is 13.7 Å². The lowest BCUT2D eigenvalue weighted by Gasteiger charge is -2.22. The van der Waals surface area contributed by atoms with Crippen molar-refractivity contribution in [3.05, 3.63) is 241 Å². The van der Waals surface area contributed by atoms with Crippen LogP contribution in [0.5, 0.6) is 0 Å². The minimum atomic E-state index is 0.442. The van der Waals surface area contributed by atoms with Crippen LogP contribution in [0.2, 0.25) is 0 Å². The van der Waals surface area contributed by atoms with E-state index in [4.69, 9.17) is 6.57 Å². The normalized spacial score (nSPS) is 11.6. The zero-order valence-electron chi connectivity index (χ0n) is 36.1. The van der Waals surface area contributed by atoms with E-state index in [0.29, 0.717) is 11.3 Å². The van der Waals surface area contributed by atoms with Crippen molar-refractivity contribution in [2.75, 3.05) is 0 Å². The summed E-state index contributed by atoms with van der Waals surface area (Å²) < 4.78 is 7.26. The molecular weight excluding hydrogens is 815 g/mol. The molecule has 0 aliphatic heterocycles. The van der Waals surface area contributed by atoms with E-state index < -0.39 is 0 Å². The van der Waals surface area contributed by atoms with Gasteiger partial charge in [-0.15, -0.1) is 0 Å². The van der Waals surface area contributed by atoms with E-state index in [0.717, 1.165) is 94.3 Å². The monoisotopic (exact) mass is 851 g/mol. The van der Waals surface area contributed by atoms with Gasteiger partial charge in [-0.3, -0.25) is 0 Å². The highest BCUT2D eigenvalue weighted by atomic mass is 15.0. The van der Waals surface area contributed by atoms with Crippen molar-refractivity contribution in [2.45, 2.75) is 0 Å². The van der Waals surface area contributed by atoms with E-state index in [1.54, 1.807) is 12.1 Å². The standard InChI is InChI=1S/C62H37N5/c1-64-55-34-40(39-63)28-31-46(55)43-35-51(41-16-4-2-5-17-41)62(52(36-43)42-18-6-3-7-19-42)67-60-32-29-44(65-56-24-12-8-20-47(56)48-21-9-13-25-57(48)65)37-53(60)54-38-45(30-33-61(54)67)66-58-26-14-10-22-49(58)50-23-11-15-27-59(50)66/h2-38H. The molecule has 0 saturated heterocycles. The fourth-order valence-electron chi connectivity index (χ4n) is 10.6. The Balaban J connectivity index is 1.17. The summed E-state index contributed by atoms with van der Waals surface area (Å²) in [4.78, 5) is 3.94. The van der Waals surface area contributed by atoms with Crippen LogP contribution in [0.1, 0.15) is 5.56 Å². The largest absolute Gasteiger partial charge is 0.309 e. The lowest BCUT2D eigenvalue weighted by Crippen LogP contribution is -2.02. The molecule has 5 heteroatoms. The molecule has 0 N–H and O–H groups in total. The molecule has 13 rings (SSSR count). The molecule has 0 aliphatic carbocycles. The summed E-state index contributed by atoms with van der Waals surface area (Å²) in [6, 6.07) is 81.8. The van der Waals surface area contributed by atoms with Crippen molar-refractivity contribution in [1.82, 2.24) is 13.7 Å². The Hall–Kier alpha value is -9.42. The third-order valence-corrected chi connectivity index (χ3v) is 13.5. The maximum absolute atomic E-state index is 9.79. The van der Waals surface area contributed by atoms with Crippen LogP contribution in [0.15, 0.2) is 224 Å². The van der Waals surface area contributed by atoms with Crippen molar-refractivity contribution < 1.29 is 0 Å². The van der Waals surface area contributed by atoms with Crippen molar-refractivity contribution in [3.63, 3.8) is 0 Å². The van der Waals surface area contributed by atoms with Gasteiger partial charge in [-0.25, -0.2) is 4.85 Å². The van der Waals surface area contributed by atoms with Crippen LogP contribution >= 0.6 is 0 Å². The van der Waals surface area contributed by atoms with Gasteiger partial charge in [-0.05, 0) is 107 Å². The van der Waals surface area contributed by atoms with Crippen molar-refractivity contribution in [2.24, 2.45) is 0 Å². The number of nitriles is 1. The fraction of sp³-hybridized carbons (Fsp3) is 0. The molecule has 0 fully saturated rings. The Morgan fingerprint density at radius 2 is 0.746 bits per heavy atom. The van der Waals surface area contributed by atoms with E-state index >= 15 is 0 Å². The Labute approximate surface area is 386 Å². The molecule has 0 saturated carbocycles. The van der Waals surface area contributed by atoms with E-state index in [1.165, 1.54) is 21.5 Å². The van der Waals surface area contributed by atoms with Crippen LogP contribution in [0.3, 0.4) is 0 Å². The molecule has 0 spiro atoms. The third kappa shape index (κ3) is 5.86. The summed E-state index contributed by atoms with van der Waals surface area (Å²) in [6.45, 7) is 8.20. The van der Waals surface area contributed by atoms with Gasteiger partial charge in [-0.2, -0.15) is 5.26 Å². The van der Waals surface area contributed by atoms with E-state index in [2.05, 4.69) is 231 Å². The van der Waals surface area contributed by atoms with Gasteiger partial charge in [0.2, 0.25) is 0 Å². The van der Waals surface area contributed by atoms with Gasteiger partial charge in [0.05, 0.1) is 51.4 Å². The quantitative estimate of drug-likeness (QED) is 0.154. The Morgan fingerprint density at radius 1 is 0.343 bits per heavy atom. The number of nitrogens with zero attached hydrogens (tertiary/aromatic N) is 5. The molecule has 3 aromatic heterocycles. The molecule has 13 aromatic rings. The van der Waals surface area contributed by atoms with Gasteiger partial charge in [0.15, 0.2) is 5.69 Å². The van der Waals surface area contributed by atoms with Gasteiger partial charge in [0.1, 0.15) is 0 Å². The average Bonchev–Trinajstić information content (AvgIpc) is 4.03. The Morgan fingerprint density at radius 3 is 1.16 bits per heavy atom. The predicted octanol–water partition coefficient (Wildman–Crippen LogP) is 16.4. The topological polar surface area (TPSA) is 42.9 Å². The Bertz CT molecular complexity index is 3890. The second kappa shape index (κ2) is 15.1. The van der Waals surface area contributed by atoms with E-state index in [9.17, 15) is 5.26 Å². The number of rotatable bonds is 6. The van der Waals surface area contributed by atoms with Crippen molar-refractivity contribution >= 4 is 71.1 Å². The molecule has 0 radical (unpaired) electrons. The minimum absolute atomic E-state index is 0.442. The Kier molecular flexibility index (Phi) is 8.58. The lowest BCUT2D eigenvalue weighted by molar-refractivity contribution is 1.16. The zero-order valence-corrected chi connectivity index (χ0v) is 36.1. The fourth-order valence-corrected chi connectivity index (χ4v) is 10.6. The smallest absolute Gasteiger partial charge is 0.196 e. The SMILES string of the molecule is [C-]#[N+]c1cc(C#N)ccc1-c1cc(-c2ccccc2)c(-n2c3ccc(-n4c5ccccc5c5ccccc54)cc3c3cc(-n4c5ccccc5c5ccccc54)ccc32)c(-c2ccccc2)c1. The lowest BCUT2D eigenvalue weighted by atomic mass is 9.90. The molecule has 0 atom stereocenters. The molecule has 0 unspecified atom stereocenters. The summed E-state index contributed by atoms with van der Waals surface area (Å²) in [5.41, 5.74) is 16.7. The summed E-state index contributed by atoms with van der Waals surface area (Å²) >= 11 is 0. The first-order valence-corrected chi connectivity index (χ1v) is 22.4. The van der Waals surface area contributed by atoms with Gasteiger partial charge in [0, 0.05) is 60.4 Å². The second-order valence-electron chi connectivity index (χ2n) is 17.1. The van der Waals surface area contributed by atoms with Crippen LogP contribution in [0.25, 0.3) is 121 Å². The molecule has 0 amide bonds. The first-order chi connectivity index (χ1) is 33.2. The van der Waals surface area contributed by atoms with Gasteiger partial charge in [-0.1, -0.05) is 140 Å². The number of aromatic nitrogens is 3. The molecule has 0 aliphatic rings.